The number of ether oxygens (including phenoxy) is 1. The van der Waals surface area contributed by atoms with Gasteiger partial charge < -0.3 is 9.72 Å². The number of fused-ring (bicyclic) bond motifs is 1. The van der Waals surface area contributed by atoms with Crippen molar-refractivity contribution in [1.82, 2.24) is 19.9 Å². The van der Waals surface area contributed by atoms with Crippen LogP contribution in [0.4, 0.5) is 0 Å². The predicted molar refractivity (Wildman–Crippen MR) is 119 cm³/mol. The van der Waals surface area contributed by atoms with Crippen LogP contribution < -0.4 is 4.74 Å². The minimum atomic E-state index is -0.472. The van der Waals surface area contributed by atoms with Gasteiger partial charge in [-0.25, -0.2) is 9.97 Å². The number of H-pyrrole nitrogens is 1. The molecule has 1 fully saturated rings. The summed E-state index contributed by atoms with van der Waals surface area (Å²) in [6.07, 6.45) is 7.38. The van der Waals surface area contributed by atoms with E-state index in [1.54, 1.807) is 12.4 Å². The minimum Gasteiger partial charge on any atom is -0.492 e. The van der Waals surface area contributed by atoms with E-state index in [9.17, 15) is 4.79 Å². The molecule has 30 heavy (non-hydrogen) atoms. The molecule has 0 spiro atoms. The van der Waals surface area contributed by atoms with E-state index in [4.69, 9.17) is 9.72 Å². The van der Waals surface area contributed by atoms with Gasteiger partial charge in [0.05, 0.1) is 17.5 Å². The number of hydrogen-bond donors (Lipinski definition) is 1. The Labute approximate surface area is 177 Å². The van der Waals surface area contributed by atoms with Crippen LogP contribution >= 0.6 is 0 Å². The van der Waals surface area contributed by atoms with Crippen molar-refractivity contribution in [1.29, 1.82) is 0 Å². The van der Waals surface area contributed by atoms with Crippen molar-refractivity contribution in [3.8, 4) is 17.0 Å². The fraction of sp³-hybridized carbons (Fsp3) is 0.458. The number of carbonyl (C=O) groups excluding carboxylic acids is 1. The molecular weight excluding hydrogens is 376 g/mol. The first-order valence-corrected chi connectivity index (χ1v) is 10.8. The molecule has 0 atom stereocenters. The Kier molecular flexibility index (Phi) is 5.86. The number of piperidine rings is 1. The van der Waals surface area contributed by atoms with E-state index in [-0.39, 0.29) is 5.78 Å². The summed E-state index contributed by atoms with van der Waals surface area (Å²) in [5.74, 6) is 0.910. The zero-order valence-electron chi connectivity index (χ0n) is 18.1. The van der Waals surface area contributed by atoms with E-state index in [0.717, 1.165) is 23.6 Å². The number of hydrogen-bond acceptors (Lipinski definition) is 5. The maximum atomic E-state index is 12.7. The molecule has 0 aliphatic carbocycles. The van der Waals surface area contributed by atoms with Crippen LogP contribution in [0.15, 0.2) is 36.7 Å². The van der Waals surface area contributed by atoms with Gasteiger partial charge in [0.25, 0.3) is 0 Å². The second-order valence-electron chi connectivity index (χ2n) is 9.01. The van der Waals surface area contributed by atoms with E-state index in [1.807, 2.05) is 45.0 Å². The Morgan fingerprint density at radius 2 is 1.87 bits per heavy atom. The summed E-state index contributed by atoms with van der Waals surface area (Å²) in [5.41, 5.74) is 3.05. The topological polar surface area (TPSA) is 71.1 Å². The molecule has 0 radical (unpaired) electrons. The van der Waals surface area contributed by atoms with Gasteiger partial charge in [-0.3, -0.25) is 9.69 Å². The molecule has 4 rings (SSSR count). The first-order valence-electron chi connectivity index (χ1n) is 10.8. The molecule has 6 heteroatoms. The maximum Gasteiger partial charge on any atom is 0.171 e. The number of ketones is 1. The van der Waals surface area contributed by atoms with Gasteiger partial charge in [-0.15, -0.1) is 0 Å². The first-order chi connectivity index (χ1) is 14.4. The predicted octanol–water partition coefficient (Wildman–Crippen LogP) is 4.72. The summed E-state index contributed by atoms with van der Waals surface area (Å²) in [6, 6.07) is 7.92. The van der Waals surface area contributed by atoms with Crippen molar-refractivity contribution < 1.29 is 9.53 Å². The van der Waals surface area contributed by atoms with Gasteiger partial charge in [0.2, 0.25) is 0 Å². The van der Waals surface area contributed by atoms with Crippen LogP contribution in [0, 0.1) is 5.41 Å². The number of nitrogens with zero attached hydrogens (tertiary/aromatic N) is 3. The zero-order chi connectivity index (χ0) is 21.1. The number of carbonyl (C=O) groups is 1. The normalized spacial score (nSPS) is 15.4. The van der Waals surface area contributed by atoms with Gasteiger partial charge in [0.15, 0.2) is 11.4 Å². The van der Waals surface area contributed by atoms with Crippen LogP contribution in [-0.2, 0) is 0 Å². The number of aromatic amines is 1. The lowest BCUT2D eigenvalue weighted by Gasteiger charge is -2.26. The van der Waals surface area contributed by atoms with E-state index < -0.39 is 5.41 Å². The largest absolute Gasteiger partial charge is 0.492 e. The quantitative estimate of drug-likeness (QED) is 0.600. The number of aromatic nitrogens is 3. The number of nitrogens with one attached hydrogen (secondary N) is 1. The van der Waals surface area contributed by atoms with E-state index >= 15 is 0 Å². The summed E-state index contributed by atoms with van der Waals surface area (Å²) < 4.78 is 5.92. The molecule has 1 aliphatic heterocycles. The molecule has 1 N–H and O–H groups in total. The standard InChI is InChI=1S/C24H30N4O2/c1-24(2,3)22(29)19-15-25-23-21(19)27-20(16-26-23)17-7-9-18(10-8-17)30-14-13-28-11-5-4-6-12-28/h7-10,15-16H,4-6,11-14H2,1-3H3,(H,25,26). The lowest BCUT2D eigenvalue weighted by atomic mass is 9.87. The molecule has 3 aromatic rings. The smallest absolute Gasteiger partial charge is 0.171 e. The second kappa shape index (κ2) is 8.56. The Balaban J connectivity index is 1.46. The molecule has 1 aliphatic rings. The second-order valence-corrected chi connectivity index (χ2v) is 9.01. The third-order valence-electron chi connectivity index (χ3n) is 5.58. The van der Waals surface area contributed by atoms with Crippen LogP contribution in [0.25, 0.3) is 22.4 Å². The highest BCUT2D eigenvalue weighted by Gasteiger charge is 2.26. The van der Waals surface area contributed by atoms with Gasteiger partial charge >= 0.3 is 0 Å². The van der Waals surface area contributed by atoms with E-state index in [0.29, 0.717) is 23.3 Å². The summed E-state index contributed by atoms with van der Waals surface area (Å²) in [6.45, 7) is 9.78. The monoisotopic (exact) mass is 406 g/mol. The van der Waals surface area contributed by atoms with Gasteiger partial charge in [-0.2, -0.15) is 0 Å². The van der Waals surface area contributed by atoms with Crippen molar-refractivity contribution in [2.75, 3.05) is 26.2 Å². The van der Waals surface area contributed by atoms with Gasteiger partial charge in [-0.05, 0) is 50.2 Å². The molecule has 6 nitrogen and oxygen atoms in total. The molecule has 0 saturated carbocycles. The molecule has 0 amide bonds. The van der Waals surface area contributed by atoms with Gasteiger partial charge in [-0.1, -0.05) is 27.2 Å². The van der Waals surface area contributed by atoms with Crippen LogP contribution in [0.1, 0.15) is 50.4 Å². The molecule has 0 unspecified atom stereocenters. The Morgan fingerprint density at radius 3 is 2.57 bits per heavy atom. The van der Waals surface area contributed by atoms with Crippen molar-refractivity contribution in [3.05, 3.63) is 42.2 Å². The lowest BCUT2D eigenvalue weighted by molar-refractivity contribution is 0.0860. The van der Waals surface area contributed by atoms with Crippen LogP contribution in [0.3, 0.4) is 0 Å². The Bertz CT molecular complexity index is 1010. The van der Waals surface area contributed by atoms with E-state index in [1.165, 1.54) is 32.4 Å². The molecule has 158 valence electrons. The summed E-state index contributed by atoms with van der Waals surface area (Å²) in [5, 5.41) is 0. The molecule has 1 aromatic carbocycles. The average Bonchev–Trinajstić information content (AvgIpc) is 3.17. The Morgan fingerprint density at radius 1 is 1.13 bits per heavy atom. The van der Waals surface area contributed by atoms with Crippen molar-refractivity contribution in [2.24, 2.45) is 5.41 Å². The van der Waals surface area contributed by atoms with Gasteiger partial charge in [0, 0.05) is 23.7 Å². The molecule has 0 bridgehead atoms. The zero-order valence-corrected chi connectivity index (χ0v) is 18.1. The Hall–Kier alpha value is -2.73. The lowest BCUT2D eigenvalue weighted by Crippen LogP contribution is -2.33. The summed E-state index contributed by atoms with van der Waals surface area (Å²) in [4.78, 5) is 27.5. The molecule has 2 aromatic heterocycles. The van der Waals surface area contributed by atoms with Crippen molar-refractivity contribution in [2.45, 2.75) is 40.0 Å². The summed E-state index contributed by atoms with van der Waals surface area (Å²) >= 11 is 0. The van der Waals surface area contributed by atoms with Crippen molar-refractivity contribution in [3.63, 3.8) is 0 Å². The first kappa shape index (κ1) is 20.5. The SMILES string of the molecule is CC(C)(C)C(=O)c1c[nH]c2ncc(-c3ccc(OCCN4CCCCC4)cc3)nc12. The third kappa shape index (κ3) is 4.54. The molecule has 3 heterocycles. The molecular formula is C24H30N4O2. The van der Waals surface area contributed by atoms with Crippen LogP contribution in [-0.4, -0.2) is 51.9 Å². The maximum absolute atomic E-state index is 12.7. The highest BCUT2D eigenvalue weighted by molar-refractivity contribution is 6.08. The third-order valence-corrected chi connectivity index (χ3v) is 5.58. The van der Waals surface area contributed by atoms with Crippen LogP contribution in [0.2, 0.25) is 0 Å². The summed E-state index contributed by atoms with van der Waals surface area (Å²) in [7, 11) is 0. The fourth-order valence-corrected chi connectivity index (χ4v) is 3.81. The average molecular weight is 407 g/mol. The fourth-order valence-electron chi connectivity index (χ4n) is 3.81. The van der Waals surface area contributed by atoms with Gasteiger partial charge in [0.1, 0.15) is 17.9 Å². The highest BCUT2D eigenvalue weighted by Crippen LogP contribution is 2.27. The van der Waals surface area contributed by atoms with Crippen LogP contribution in [0.5, 0.6) is 5.75 Å². The molecule has 1 saturated heterocycles. The number of benzene rings is 1. The number of likely N-dealkylation sites (tertiary alicyclic amines) is 1. The minimum absolute atomic E-state index is 0.0534. The number of Topliss-reactive ketones (excluding diaryl/α,β-unsaturated/α-hetero) is 1. The highest BCUT2D eigenvalue weighted by atomic mass is 16.5. The van der Waals surface area contributed by atoms with E-state index in [2.05, 4.69) is 14.9 Å². The van der Waals surface area contributed by atoms with Crippen molar-refractivity contribution >= 4 is 16.9 Å². The number of rotatable bonds is 6.